The summed E-state index contributed by atoms with van der Waals surface area (Å²) >= 11 is 0. The monoisotopic (exact) mass is 258 g/mol. The van der Waals surface area contributed by atoms with E-state index in [1.807, 2.05) is 18.2 Å². The van der Waals surface area contributed by atoms with Gasteiger partial charge in [0.1, 0.15) is 6.04 Å². The largest absolute Gasteiger partial charge is 0.480 e. The summed E-state index contributed by atoms with van der Waals surface area (Å²) in [5, 5.41) is 12.3. The zero-order valence-electron chi connectivity index (χ0n) is 10.2. The van der Waals surface area contributed by atoms with Crippen molar-refractivity contribution in [2.45, 2.75) is 18.4 Å². The van der Waals surface area contributed by atoms with Crippen molar-refractivity contribution in [1.82, 2.24) is 0 Å². The minimum Gasteiger partial charge on any atom is -0.480 e. The van der Waals surface area contributed by atoms with Crippen LogP contribution in [-0.4, -0.2) is 23.0 Å². The fourth-order valence-corrected chi connectivity index (χ4v) is 3.07. The summed E-state index contributed by atoms with van der Waals surface area (Å²) in [6.07, 6.45) is 4.75. The van der Waals surface area contributed by atoms with Crippen LogP contribution in [-0.2, 0) is 4.79 Å². The van der Waals surface area contributed by atoms with Gasteiger partial charge < -0.3 is 16.2 Å². The van der Waals surface area contributed by atoms with Crippen LogP contribution in [0.3, 0.4) is 0 Å². The third kappa shape index (κ3) is 1.69. The molecule has 5 heteroatoms. The Balaban J connectivity index is 2.15. The summed E-state index contributed by atoms with van der Waals surface area (Å²) in [5.41, 5.74) is 7.22. The van der Waals surface area contributed by atoms with Crippen LogP contribution in [0.25, 0.3) is 0 Å². The van der Waals surface area contributed by atoms with Crippen molar-refractivity contribution in [1.29, 1.82) is 0 Å². The zero-order valence-corrected chi connectivity index (χ0v) is 10.2. The lowest BCUT2D eigenvalue weighted by atomic mass is 9.78. The highest BCUT2D eigenvalue weighted by Crippen LogP contribution is 2.45. The van der Waals surface area contributed by atoms with Crippen LogP contribution in [0.4, 0.5) is 5.69 Å². The third-order valence-electron chi connectivity index (χ3n) is 3.93. The Morgan fingerprint density at radius 3 is 2.84 bits per heavy atom. The number of amides is 1. The summed E-state index contributed by atoms with van der Waals surface area (Å²) in [6.45, 7) is 0. The Kier molecular flexibility index (Phi) is 2.55. The highest BCUT2D eigenvalue weighted by atomic mass is 16.4. The predicted molar refractivity (Wildman–Crippen MR) is 70.0 cm³/mol. The molecule has 5 nitrogen and oxygen atoms in total. The molecule has 1 aromatic carbocycles. The van der Waals surface area contributed by atoms with Crippen LogP contribution in [0.5, 0.6) is 0 Å². The Morgan fingerprint density at radius 2 is 2.16 bits per heavy atom. The molecule has 3 rings (SSSR count). The van der Waals surface area contributed by atoms with E-state index in [0.29, 0.717) is 11.3 Å². The van der Waals surface area contributed by atoms with Gasteiger partial charge in [-0.3, -0.25) is 4.79 Å². The standard InChI is InChI=1S/C14H14N2O3/c15-13(17)10-6-2-4-8-7-3-1-5-9(7)12(14(18)19)16-11(8)10/h1-4,6-7,9,12,16H,5H2,(H2,15,17)(H,18,19)/t7-,9-,12+/m0/s1. The summed E-state index contributed by atoms with van der Waals surface area (Å²) in [5.74, 6) is -1.41. The van der Waals surface area contributed by atoms with Crippen molar-refractivity contribution in [2.75, 3.05) is 5.32 Å². The van der Waals surface area contributed by atoms with E-state index in [0.717, 1.165) is 12.0 Å². The number of hydrogen-bond acceptors (Lipinski definition) is 3. The molecule has 0 spiro atoms. The molecule has 1 aliphatic heterocycles. The number of benzene rings is 1. The highest BCUT2D eigenvalue weighted by Gasteiger charge is 2.41. The lowest BCUT2D eigenvalue weighted by Crippen LogP contribution is -2.42. The summed E-state index contributed by atoms with van der Waals surface area (Å²) in [6, 6.07) is 4.63. The number of carbonyl (C=O) groups is 2. The maximum absolute atomic E-state index is 11.5. The van der Waals surface area contributed by atoms with Gasteiger partial charge in [-0.15, -0.1) is 0 Å². The van der Waals surface area contributed by atoms with E-state index >= 15 is 0 Å². The fraction of sp³-hybridized carbons (Fsp3) is 0.286. The number of para-hydroxylation sites is 1. The maximum atomic E-state index is 11.5. The normalized spacial score (nSPS) is 27.3. The van der Waals surface area contributed by atoms with Crippen LogP contribution in [0.15, 0.2) is 30.4 Å². The Labute approximate surface area is 110 Å². The second-order valence-electron chi connectivity index (χ2n) is 4.95. The number of nitrogens with two attached hydrogens (primary N) is 1. The maximum Gasteiger partial charge on any atom is 0.326 e. The average Bonchev–Trinajstić information content (AvgIpc) is 2.85. The quantitative estimate of drug-likeness (QED) is 0.698. The molecule has 0 radical (unpaired) electrons. The molecular weight excluding hydrogens is 244 g/mol. The number of carbonyl (C=O) groups excluding carboxylic acids is 1. The molecule has 4 N–H and O–H groups in total. The summed E-state index contributed by atoms with van der Waals surface area (Å²) in [4.78, 5) is 22.8. The first-order valence-electron chi connectivity index (χ1n) is 6.18. The van der Waals surface area contributed by atoms with Crippen molar-refractivity contribution in [3.05, 3.63) is 41.5 Å². The van der Waals surface area contributed by atoms with Gasteiger partial charge in [0.25, 0.3) is 5.91 Å². The molecule has 0 unspecified atom stereocenters. The van der Waals surface area contributed by atoms with Crippen LogP contribution in [0.1, 0.15) is 28.3 Å². The second-order valence-corrected chi connectivity index (χ2v) is 4.95. The number of anilines is 1. The van der Waals surface area contributed by atoms with Gasteiger partial charge in [0, 0.05) is 11.8 Å². The van der Waals surface area contributed by atoms with Gasteiger partial charge in [-0.1, -0.05) is 24.3 Å². The van der Waals surface area contributed by atoms with Gasteiger partial charge in [0.2, 0.25) is 0 Å². The molecular formula is C14H14N2O3. The lowest BCUT2D eigenvalue weighted by Gasteiger charge is -2.35. The van der Waals surface area contributed by atoms with Gasteiger partial charge in [0.05, 0.1) is 11.3 Å². The Hall–Kier alpha value is -2.30. The molecule has 0 bridgehead atoms. The minimum atomic E-state index is -0.899. The zero-order chi connectivity index (χ0) is 13.6. The lowest BCUT2D eigenvalue weighted by molar-refractivity contribution is -0.139. The number of nitrogens with one attached hydrogen (secondary N) is 1. The first-order valence-corrected chi connectivity index (χ1v) is 6.18. The first kappa shape index (κ1) is 11.8. The first-order chi connectivity index (χ1) is 9.09. The van der Waals surface area contributed by atoms with Crippen LogP contribution < -0.4 is 11.1 Å². The van der Waals surface area contributed by atoms with Gasteiger partial charge in [-0.2, -0.15) is 0 Å². The van der Waals surface area contributed by atoms with Crippen molar-refractivity contribution in [3.63, 3.8) is 0 Å². The molecule has 1 aromatic rings. The summed E-state index contributed by atoms with van der Waals surface area (Å²) in [7, 11) is 0. The van der Waals surface area contributed by atoms with E-state index in [4.69, 9.17) is 5.73 Å². The van der Waals surface area contributed by atoms with Crippen LogP contribution in [0.2, 0.25) is 0 Å². The van der Waals surface area contributed by atoms with E-state index < -0.39 is 17.9 Å². The van der Waals surface area contributed by atoms with Gasteiger partial charge >= 0.3 is 5.97 Å². The molecule has 1 amide bonds. The third-order valence-corrected chi connectivity index (χ3v) is 3.93. The van der Waals surface area contributed by atoms with Crippen molar-refractivity contribution in [2.24, 2.45) is 11.7 Å². The van der Waals surface area contributed by atoms with Gasteiger partial charge in [0.15, 0.2) is 0 Å². The Bertz CT molecular complexity index is 594. The summed E-state index contributed by atoms with van der Waals surface area (Å²) < 4.78 is 0. The molecule has 3 atom stereocenters. The van der Waals surface area contributed by atoms with Crippen molar-refractivity contribution >= 4 is 17.6 Å². The van der Waals surface area contributed by atoms with E-state index in [1.54, 1.807) is 12.1 Å². The molecule has 98 valence electrons. The number of fused-ring (bicyclic) bond motifs is 3. The molecule has 1 aliphatic carbocycles. The number of aliphatic carboxylic acids is 1. The highest BCUT2D eigenvalue weighted by molar-refractivity contribution is 6.00. The number of carboxylic acids is 1. The van der Waals surface area contributed by atoms with Gasteiger partial charge in [-0.05, 0) is 18.1 Å². The van der Waals surface area contributed by atoms with Crippen molar-refractivity contribution in [3.8, 4) is 0 Å². The molecule has 0 fully saturated rings. The number of carboxylic acid groups (broad SMARTS) is 1. The number of allylic oxidation sites excluding steroid dienone is 2. The average molecular weight is 258 g/mol. The predicted octanol–water partition coefficient (Wildman–Crippen LogP) is 1.32. The van der Waals surface area contributed by atoms with Crippen molar-refractivity contribution < 1.29 is 14.7 Å². The topological polar surface area (TPSA) is 92.4 Å². The molecule has 19 heavy (non-hydrogen) atoms. The van der Waals surface area contributed by atoms with Crippen LogP contribution >= 0.6 is 0 Å². The number of primary amides is 1. The smallest absolute Gasteiger partial charge is 0.326 e. The SMILES string of the molecule is NC(=O)c1cccc2c1N[C@@H](C(=O)O)[C@H]1CC=C[C@@H]21. The van der Waals surface area contributed by atoms with E-state index in [9.17, 15) is 14.7 Å². The molecule has 2 aliphatic rings. The molecule has 0 aromatic heterocycles. The second kappa shape index (κ2) is 4.12. The molecule has 1 heterocycles. The van der Waals surface area contributed by atoms with E-state index in [1.165, 1.54) is 0 Å². The Morgan fingerprint density at radius 1 is 1.37 bits per heavy atom. The molecule has 0 saturated carbocycles. The van der Waals surface area contributed by atoms with Crippen LogP contribution in [0, 0.1) is 5.92 Å². The fourth-order valence-electron chi connectivity index (χ4n) is 3.07. The van der Waals surface area contributed by atoms with E-state index in [2.05, 4.69) is 5.32 Å². The van der Waals surface area contributed by atoms with E-state index in [-0.39, 0.29) is 11.8 Å². The minimum absolute atomic E-state index is 0.00636. The van der Waals surface area contributed by atoms with Gasteiger partial charge in [-0.25, -0.2) is 4.79 Å². The number of rotatable bonds is 2. The number of hydrogen-bond donors (Lipinski definition) is 3. The molecule has 0 saturated heterocycles.